The van der Waals surface area contributed by atoms with Crippen molar-refractivity contribution in [2.75, 3.05) is 35.8 Å². The summed E-state index contributed by atoms with van der Waals surface area (Å²) in [5.41, 5.74) is 0.952. The molecule has 3 aromatic rings. The van der Waals surface area contributed by atoms with E-state index in [2.05, 4.69) is 14.7 Å². The first-order valence-electron chi connectivity index (χ1n) is 10.0. The number of hydrogen-bond donors (Lipinski definition) is 1. The van der Waals surface area contributed by atoms with Crippen molar-refractivity contribution >= 4 is 27.6 Å². The number of rotatable bonds is 5. The molecule has 1 amide bonds. The Kier molecular flexibility index (Phi) is 6.04. The lowest BCUT2D eigenvalue weighted by atomic mass is 10.1. The molecular weight excluding hydrogens is 433 g/mol. The summed E-state index contributed by atoms with van der Waals surface area (Å²) in [6, 6.07) is 11.7. The summed E-state index contributed by atoms with van der Waals surface area (Å²) in [4.78, 5) is 25.0. The first-order valence-corrected chi connectivity index (χ1v) is 11.5. The molecule has 1 aliphatic heterocycles. The first-order chi connectivity index (χ1) is 15.3. The predicted octanol–water partition coefficient (Wildman–Crippen LogP) is 2.69. The van der Waals surface area contributed by atoms with Crippen LogP contribution in [0.25, 0.3) is 0 Å². The zero-order chi connectivity index (χ0) is 22.7. The Hall–Kier alpha value is -3.53. The number of halogens is 1. The highest BCUT2D eigenvalue weighted by Gasteiger charge is 2.24. The van der Waals surface area contributed by atoms with Gasteiger partial charge in [0.05, 0.1) is 4.90 Å². The number of piperazine rings is 1. The number of hydrogen-bond acceptors (Lipinski definition) is 6. The van der Waals surface area contributed by atoms with E-state index in [1.54, 1.807) is 48.5 Å². The van der Waals surface area contributed by atoms with E-state index in [1.165, 1.54) is 18.2 Å². The van der Waals surface area contributed by atoms with Crippen LogP contribution in [0.5, 0.6) is 0 Å². The molecule has 1 saturated heterocycles. The van der Waals surface area contributed by atoms with Gasteiger partial charge in [-0.1, -0.05) is 12.1 Å². The molecule has 0 radical (unpaired) electrons. The molecule has 4 rings (SSSR count). The van der Waals surface area contributed by atoms with Crippen LogP contribution >= 0.6 is 0 Å². The van der Waals surface area contributed by atoms with Crippen molar-refractivity contribution in [3.63, 3.8) is 0 Å². The van der Waals surface area contributed by atoms with Crippen molar-refractivity contribution in [1.82, 2.24) is 14.9 Å². The van der Waals surface area contributed by atoms with Gasteiger partial charge in [0.1, 0.15) is 5.82 Å². The molecule has 8 nitrogen and oxygen atoms in total. The van der Waals surface area contributed by atoms with Gasteiger partial charge in [-0.2, -0.15) is 0 Å². The number of benzene rings is 2. The summed E-state index contributed by atoms with van der Waals surface area (Å²) >= 11 is 0. The number of aryl methyl sites for hydroxylation is 1. The molecule has 1 aromatic heterocycles. The third-order valence-corrected chi connectivity index (χ3v) is 6.60. The van der Waals surface area contributed by atoms with Crippen molar-refractivity contribution in [3.8, 4) is 0 Å². The third-order valence-electron chi connectivity index (χ3n) is 5.22. The topological polar surface area (TPSA) is 95.5 Å². The van der Waals surface area contributed by atoms with Crippen LogP contribution in [0.15, 0.2) is 65.8 Å². The standard InChI is InChI=1S/C22H22FN5O3S/c1-16-6-7-19(15-20(16)23)32(30,31)26-18-5-2-4-17(14-18)21(29)27-10-12-28(13-11-27)22-24-8-3-9-25-22/h2-9,14-15,26H,10-13H2,1H3. The van der Waals surface area contributed by atoms with Gasteiger partial charge in [-0.3, -0.25) is 9.52 Å². The average molecular weight is 456 g/mol. The van der Waals surface area contributed by atoms with Gasteiger partial charge in [0.25, 0.3) is 15.9 Å². The highest BCUT2D eigenvalue weighted by molar-refractivity contribution is 7.92. The Labute approximate surface area is 185 Å². The lowest BCUT2D eigenvalue weighted by Crippen LogP contribution is -2.49. The van der Waals surface area contributed by atoms with Crippen LogP contribution in [0.2, 0.25) is 0 Å². The lowest BCUT2D eigenvalue weighted by Gasteiger charge is -2.34. The number of sulfonamides is 1. The Morgan fingerprint density at radius 3 is 2.41 bits per heavy atom. The minimum absolute atomic E-state index is 0.184. The van der Waals surface area contributed by atoms with Crippen molar-refractivity contribution < 1.29 is 17.6 Å². The maximum absolute atomic E-state index is 13.8. The quantitative estimate of drug-likeness (QED) is 0.636. The van der Waals surface area contributed by atoms with Crippen molar-refractivity contribution in [3.05, 3.63) is 77.9 Å². The molecule has 1 fully saturated rings. The van der Waals surface area contributed by atoms with Gasteiger partial charge in [-0.15, -0.1) is 0 Å². The molecule has 1 N–H and O–H groups in total. The monoisotopic (exact) mass is 455 g/mol. The zero-order valence-electron chi connectivity index (χ0n) is 17.4. The van der Waals surface area contributed by atoms with E-state index in [9.17, 15) is 17.6 Å². The van der Waals surface area contributed by atoms with Crippen molar-refractivity contribution in [2.45, 2.75) is 11.8 Å². The highest BCUT2D eigenvalue weighted by Crippen LogP contribution is 2.20. The summed E-state index contributed by atoms with van der Waals surface area (Å²) in [5, 5.41) is 0. The minimum atomic E-state index is -3.99. The second kappa shape index (κ2) is 8.91. The largest absolute Gasteiger partial charge is 0.337 e. The minimum Gasteiger partial charge on any atom is -0.337 e. The van der Waals surface area contributed by atoms with Gasteiger partial charge < -0.3 is 9.80 Å². The number of anilines is 2. The number of carbonyl (C=O) groups is 1. The Morgan fingerprint density at radius 1 is 1.00 bits per heavy atom. The van der Waals surface area contributed by atoms with Gasteiger partial charge in [0, 0.05) is 49.8 Å². The van der Waals surface area contributed by atoms with Crippen molar-refractivity contribution in [2.24, 2.45) is 0 Å². The summed E-state index contributed by atoms with van der Waals surface area (Å²) in [6.45, 7) is 3.74. The predicted molar refractivity (Wildman–Crippen MR) is 119 cm³/mol. The van der Waals surface area contributed by atoms with Crippen LogP contribution in [0.4, 0.5) is 16.0 Å². The molecule has 0 bridgehead atoms. The van der Waals surface area contributed by atoms with Gasteiger partial charge in [0.2, 0.25) is 5.95 Å². The maximum atomic E-state index is 13.8. The number of nitrogens with zero attached hydrogens (tertiary/aromatic N) is 4. The third kappa shape index (κ3) is 4.70. The summed E-state index contributed by atoms with van der Waals surface area (Å²) in [6.07, 6.45) is 3.36. The van der Waals surface area contributed by atoms with E-state index in [-0.39, 0.29) is 16.5 Å². The fraction of sp³-hybridized carbons (Fsp3) is 0.227. The number of nitrogens with one attached hydrogen (secondary N) is 1. The molecule has 166 valence electrons. The normalized spacial score (nSPS) is 14.3. The van der Waals surface area contributed by atoms with Crippen LogP contribution in [-0.2, 0) is 10.0 Å². The Bertz CT molecular complexity index is 1230. The SMILES string of the molecule is Cc1ccc(S(=O)(=O)Nc2cccc(C(=O)N3CCN(c4ncccn4)CC3)c2)cc1F. The fourth-order valence-corrected chi connectivity index (χ4v) is 4.48. The van der Waals surface area contributed by atoms with Crippen LogP contribution in [0, 0.1) is 12.7 Å². The maximum Gasteiger partial charge on any atom is 0.261 e. The van der Waals surface area contributed by atoms with Crippen LogP contribution < -0.4 is 9.62 Å². The summed E-state index contributed by atoms with van der Waals surface area (Å²) in [5.74, 6) is -0.165. The number of carbonyl (C=O) groups excluding carboxylic acids is 1. The molecule has 1 aliphatic rings. The number of amides is 1. The zero-order valence-corrected chi connectivity index (χ0v) is 18.2. The molecule has 10 heteroatoms. The second-order valence-electron chi connectivity index (χ2n) is 7.43. The van der Waals surface area contributed by atoms with E-state index in [0.717, 1.165) is 6.07 Å². The van der Waals surface area contributed by atoms with Crippen molar-refractivity contribution in [1.29, 1.82) is 0 Å². The smallest absolute Gasteiger partial charge is 0.261 e. The van der Waals surface area contributed by atoms with E-state index in [0.29, 0.717) is 43.3 Å². The molecule has 0 spiro atoms. The molecular formula is C22H22FN5O3S. The number of aromatic nitrogens is 2. The van der Waals surface area contributed by atoms with Gasteiger partial charge >= 0.3 is 0 Å². The highest BCUT2D eigenvalue weighted by atomic mass is 32.2. The van der Waals surface area contributed by atoms with Crippen LogP contribution in [0.1, 0.15) is 15.9 Å². The molecule has 0 unspecified atom stereocenters. The van der Waals surface area contributed by atoms with E-state index in [4.69, 9.17) is 0 Å². The van der Waals surface area contributed by atoms with Crippen LogP contribution in [-0.4, -0.2) is 55.4 Å². The van der Waals surface area contributed by atoms with E-state index < -0.39 is 15.8 Å². The van der Waals surface area contributed by atoms with Gasteiger partial charge in [0.15, 0.2) is 0 Å². The lowest BCUT2D eigenvalue weighted by molar-refractivity contribution is 0.0746. The Balaban J connectivity index is 1.44. The molecule has 0 saturated carbocycles. The first kappa shape index (κ1) is 21.7. The van der Waals surface area contributed by atoms with Crippen LogP contribution in [0.3, 0.4) is 0 Å². The molecule has 32 heavy (non-hydrogen) atoms. The Morgan fingerprint density at radius 2 is 1.72 bits per heavy atom. The molecule has 2 aromatic carbocycles. The average Bonchev–Trinajstić information content (AvgIpc) is 2.81. The van der Waals surface area contributed by atoms with Gasteiger partial charge in [-0.25, -0.2) is 22.8 Å². The van der Waals surface area contributed by atoms with Gasteiger partial charge in [-0.05, 0) is 48.9 Å². The molecule has 2 heterocycles. The summed E-state index contributed by atoms with van der Waals surface area (Å²) < 4.78 is 41.5. The van der Waals surface area contributed by atoms with E-state index >= 15 is 0 Å². The second-order valence-corrected chi connectivity index (χ2v) is 9.11. The van der Waals surface area contributed by atoms with E-state index in [1.807, 2.05) is 4.90 Å². The summed E-state index contributed by atoms with van der Waals surface area (Å²) in [7, 11) is -3.99. The molecule has 0 aliphatic carbocycles. The fourth-order valence-electron chi connectivity index (χ4n) is 3.42. The molecule has 0 atom stereocenters.